The molecule has 1 aliphatic rings. The van der Waals surface area contributed by atoms with Crippen LogP contribution in [0.1, 0.15) is 24.4 Å². The van der Waals surface area contributed by atoms with E-state index in [0.717, 1.165) is 0 Å². The van der Waals surface area contributed by atoms with E-state index in [4.69, 9.17) is 16.3 Å². The van der Waals surface area contributed by atoms with Crippen LogP contribution < -0.4 is 5.32 Å². The molecule has 0 radical (unpaired) electrons. The Balaban J connectivity index is 2.03. The van der Waals surface area contributed by atoms with Crippen LogP contribution in [0.15, 0.2) is 30.3 Å². The summed E-state index contributed by atoms with van der Waals surface area (Å²) in [6.45, 7) is 0.897. The van der Waals surface area contributed by atoms with Crippen molar-refractivity contribution in [3.8, 4) is 12.3 Å². The molecule has 1 fully saturated rings. The van der Waals surface area contributed by atoms with Gasteiger partial charge in [0.25, 0.3) is 0 Å². The number of carbonyl (C=O) groups is 1. The maximum absolute atomic E-state index is 12.7. The van der Waals surface area contributed by atoms with Crippen LogP contribution in [0.4, 0.5) is 4.79 Å². The molecule has 0 bridgehead atoms. The average Bonchev–Trinajstić information content (AvgIpc) is 2.60. The molecule has 1 saturated heterocycles. The van der Waals surface area contributed by atoms with Crippen molar-refractivity contribution >= 4 is 16.1 Å². The van der Waals surface area contributed by atoms with Crippen LogP contribution in [0.5, 0.6) is 0 Å². The first kappa shape index (κ1) is 19.2. The molecular formula is C17H22N2O5S. The summed E-state index contributed by atoms with van der Waals surface area (Å²) in [6.07, 6.45) is 5.00. The number of ether oxygens (including phenoxy) is 1. The third-order valence-electron chi connectivity index (χ3n) is 4.07. The number of terminal acetylenes is 1. The molecule has 136 valence electrons. The summed E-state index contributed by atoms with van der Waals surface area (Å²) >= 11 is 0. The van der Waals surface area contributed by atoms with Gasteiger partial charge in [-0.3, -0.25) is 0 Å². The lowest BCUT2D eigenvalue weighted by atomic mass is 10.1. The highest BCUT2D eigenvalue weighted by Crippen LogP contribution is 2.21. The quantitative estimate of drug-likeness (QED) is 0.712. The van der Waals surface area contributed by atoms with E-state index in [9.17, 15) is 13.2 Å². The SMILES string of the molecule is C#CCOC1CCN(S(=O)(=O)CC(NC(=O)O)c2ccccc2)CC1. The van der Waals surface area contributed by atoms with E-state index in [0.29, 0.717) is 31.5 Å². The highest BCUT2D eigenvalue weighted by molar-refractivity contribution is 7.89. The summed E-state index contributed by atoms with van der Waals surface area (Å²) in [7, 11) is -3.61. The Bertz CT molecular complexity index is 706. The van der Waals surface area contributed by atoms with Crippen molar-refractivity contribution in [3.63, 3.8) is 0 Å². The zero-order valence-corrected chi connectivity index (χ0v) is 14.6. The van der Waals surface area contributed by atoms with Crippen LogP contribution in [0, 0.1) is 12.3 Å². The minimum absolute atomic E-state index is 0.0374. The number of amides is 1. The number of hydrogen-bond acceptors (Lipinski definition) is 4. The molecule has 1 unspecified atom stereocenters. The van der Waals surface area contributed by atoms with Crippen molar-refractivity contribution < 1.29 is 23.1 Å². The van der Waals surface area contributed by atoms with Gasteiger partial charge in [-0.15, -0.1) is 6.42 Å². The number of hydrogen-bond donors (Lipinski definition) is 2. The number of nitrogens with zero attached hydrogens (tertiary/aromatic N) is 1. The van der Waals surface area contributed by atoms with E-state index in [1.165, 1.54) is 4.31 Å². The summed E-state index contributed by atoms with van der Waals surface area (Å²) < 4.78 is 32.2. The fraction of sp³-hybridized carbons (Fsp3) is 0.471. The molecule has 1 atom stereocenters. The number of carboxylic acid groups (broad SMARTS) is 1. The van der Waals surface area contributed by atoms with Crippen LogP contribution in [0.25, 0.3) is 0 Å². The lowest BCUT2D eigenvalue weighted by Crippen LogP contribution is -2.44. The normalized spacial score (nSPS) is 17.6. The highest BCUT2D eigenvalue weighted by atomic mass is 32.2. The van der Waals surface area contributed by atoms with Gasteiger partial charge < -0.3 is 15.2 Å². The van der Waals surface area contributed by atoms with Crippen LogP contribution >= 0.6 is 0 Å². The van der Waals surface area contributed by atoms with E-state index >= 15 is 0 Å². The molecule has 1 heterocycles. The first-order valence-corrected chi connectivity index (χ1v) is 9.60. The summed E-state index contributed by atoms with van der Waals surface area (Å²) in [5.74, 6) is 2.08. The maximum Gasteiger partial charge on any atom is 0.405 e. The molecule has 8 heteroatoms. The van der Waals surface area contributed by atoms with E-state index in [2.05, 4.69) is 11.2 Å². The standard InChI is InChI=1S/C17H22N2O5S/c1-2-12-24-15-8-10-19(11-9-15)25(22,23)13-16(18-17(20)21)14-6-4-3-5-7-14/h1,3-7,15-16,18H,8-13H2,(H,20,21). The molecule has 7 nitrogen and oxygen atoms in total. The van der Waals surface area contributed by atoms with Crippen molar-refractivity contribution in [1.29, 1.82) is 0 Å². The lowest BCUT2D eigenvalue weighted by molar-refractivity contribution is 0.0409. The second kappa shape index (κ2) is 8.85. The summed E-state index contributed by atoms with van der Waals surface area (Å²) in [6, 6.07) is 7.86. The Morgan fingerprint density at radius 3 is 2.56 bits per heavy atom. The third kappa shape index (κ3) is 5.74. The summed E-state index contributed by atoms with van der Waals surface area (Å²) in [5.41, 5.74) is 0.612. The number of rotatable bonds is 7. The van der Waals surface area contributed by atoms with Gasteiger partial charge in [-0.25, -0.2) is 17.5 Å². The van der Waals surface area contributed by atoms with Gasteiger partial charge in [-0.1, -0.05) is 36.3 Å². The predicted octanol–water partition coefficient (Wildman–Crippen LogP) is 1.44. The van der Waals surface area contributed by atoms with E-state index < -0.39 is 22.2 Å². The molecule has 0 spiro atoms. The predicted molar refractivity (Wildman–Crippen MR) is 93.5 cm³/mol. The molecule has 25 heavy (non-hydrogen) atoms. The van der Waals surface area contributed by atoms with Gasteiger partial charge in [0.2, 0.25) is 10.0 Å². The number of piperidine rings is 1. The molecule has 0 saturated carbocycles. The zero-order chi connectivity index (χ0) is 18.3. The van der Waals surface area contributed by atoms with E-state index in [-0.39, 0.29) is 18.5 Å². The maximum atomic E-state index is 12.7. The van der Waals surface area contributed by atoms with Gasteiger partial charge in [-0.2, -0.15) is 0 Å². The summed E-state index contributed by atoms with van der Waals surface area (Å²) in [5, 5.41) is 11.3. The van der Waals surface area contributed by atoms with Gasteiger partial charge in [0, 0.05) is 13.1 Å². The molecule has 1 aromatic rings. The molecular weight excluding hydrogens is 344 g/mol. The van der Waals surface area contributed by atoms with Gasteiger partial charge >= 0.3 is 6.09 Å². The second-order valence-corrected chi connectivity index (χ2v) is 7.82. The fourth-order valence-corrected chi connectivity index (χ4v) is 4.49. The van der Waals surface area contributed by atoms with Crippen LogP contribution in [-0.4, -0.2) is 55.5 Å². The summed E-state index contributed by atoms with van der Waals surface area (Å²) in [4.78, 5) is 11.0. The van der Waals surface area contributed by atoms with Crippen LogP contribution in [-0.2, 0) is 14.8 Å². The largest absolute Gasteiger partial charge is 0.465 e. The Labute approximate surface area is 148 Å². The molecule has 1 aliphatic heterocycles. The lowest BCUT2D eigenvalue weighted by Gasteiger charge is -2.32. The Kier molecular flexibility index (Phi) is 6.82. The zero-order valence-electron chi connectivity index (χ0n) is 13.8. The topological polar surface area (TPSA) is 95.9 Å². The molecule has 2 N–H and O–H groups in total. The van der Waals surface area contributed by atoms with Crippen molar-refractivity contribution in [3.05, 3.63) is 35.9 Å². The van der Waals surface area contributed by atoms with Gasteiger partial charge in [-0.05, 0) is 18.4 Å². The molecule has 0 aliphatic carbocycles. The minimum Gasteiger partial charge on any atom is -0.465 e. The highest BCUT2D eigenvalue weighted by Gasteiger charge is 2.31. The van der Waals surface area contributed by atoms with Crippen LogP contribution in [0.2, 0.25) is 0 Å². The Hall–Kier alpha value is -2.08. The van der Waals surface area contributed by atoms with E-state index in [1.54, 1.807) is 30.3 Å². The van der Waals surface area contributed by atoms with Gasteiger partial charge in [0.15, 0.2) is 0 Å². The van der Waals surface area contributed by atoms with Gasteiger partial charge in [0.1, 0.15) is 6.61 Å². The molecule has 1 aromatic carbocycles. The minimum atomic E-state index is -3.61. The first-order valence-electron chi connectivity index (χ1n) is 7.99. The van der Waals surface area contributed by atoms with Crippen molar-refractivity contribution in [2.45, 2.75) is 25.0 Å². The fourth-order valence-electron chi connectivity index (χ4n) is 2.81. The average molecular weight is 366 g/mol. The van der Waals surface area contributed by atoms with Crippen molar-refractivity contribution in [2.75, 3.05) is 25.4 Å². The van der Waals surface area contributed by atoms with Crippen LogP contribution in [0.3, 0.4) is 0 Å². The van der Waals surface area contributed by atoms with Crippen molar-refractivity contribution in [1.82, 2.24) is 9.62 Å². The van der Waals surface area contributed by atoms with E-state index in [1.807, 2.05) is 0 Å². The Morgan fingerprint density at radius 1 is 1.36 bits per heavy atom. The van der Waals surface area contributed by atoms with Crippen molar-refractivity contribution in [2.24, 2.45) is 0 Å². The number of benzene rings is 1. The molecule has 0 aromatic heterocycles. The molecule has 2 rings (SSSR count). The Morgan fingerprint density at radius 2 is 2.00 bits per heavy atom. The molecule has 1 amide bonds. The monoisotopic (exact) mass is 366 g/mol. The number of sulfonamides is 1. The number of nitrogens with one attached hydrogen (secondary N) is 1. The third-order valence-corrected chi connectivity index (χ3v) is 5.98. The second-order valence-electron chi connectivity index (χ2n) is 5.80. The first-order chi connectivity index (χ1) is 11.9. The van der Waals surface area contributed by atoms with Gasteiger partial charge in [0.05, 0.1) is 17.9 Å². The smallest absolute Gasteiger partial charge is 0.405 e.